The molecule has 0 spiro atoms. The lowest BCUT2D eigenvalue weighted by Gasteiger charge is -2.37. The zero-order valence-electron chi connectivity index (χ0n) is 19.3. The third-order valence-electron chi connectivity index (χ3n) is 5.40. The first-order valence-electron chi connectivity index (χ1n) is 11.0. The molecule has 4 heteroatoms. The Bertz CT molecular complexity index is 999. The van der Waals surface area contributed by atoms with Crippen molar-refractivity contribution in [2.45, 2.75) is 58.3 Å². The maximum Gasteiger partial charge on any atom is 0.308 e. The second-order valence-corrected chi connectivity index (χ2v) is 9.11. The van der Waals surface area contributed by atoms with Gasteiger partial charge in [0, 0.05) is 18.6 Å². The smallest absolute Gasteiger partial charge is 0.308 e. The van der Waals surface area contributed by atoms with Crippen molar-refractivity contribution in [1.82, 2.24) is 4.90 Å². The molecule has 0 saturated carbocycles. The van der Waals surface area contributed by atoms with Gasteiger partial charge in [0.1, 0.15) is 11.4 Å². The quantitative estimate of drug-likeness (QED) is 0.363. The first kappa shape index (κ1) is 23.7. The first-order chi connectivity index (χ1) is 15.2. The molecule has 2 atom stereocenters. The Morgan fingerprint density at radius 1 is 0.906 bits per heavy atom. The molecule has 3 aromatic rings. The van der Waals surface area contributed by atoms with Crippen molar-refractivity contribution in [3.63, 3.8) is 0 Å². The molecule has 0 fully saturated rings. The molecule has 0 heterocycles. The van der Waals surface area contributed by atoms with Crippen LogP contribution in [0.25, 0.3) is 0 Å². The van der Waals surface area contributed by atoms with Crippen LogP contribution in [0.3, 0.4) is 0 Å². The Morgan fingerprint density at radius 3 is 2.09 bits per heavy atom. The number of nitrogens with zero attached hydrogens (tertiary/aromatic N) is 1. The third kappa shape index (κ3) is 6.76. The summed E-state index contributed by atoms with van der Waals surface area (Å²) in [5, 5.41) is 0. The Balaban J connectivity index is 2.03. The van der Waals surface area contributed by atoms with Gasteiger partial charge in [0.15, 0.2) is 0 Å². The highest BCUT2D eigenvalue weighted by Crippen LogP contribution is 2.35. The van der Waals surface area contributed by atoms with Crippen LogP contribution in [0.4, 0.5) is 4.39 Å². The monoisotopic (exact) mass is 433 g/mol. The molecule has 32 heavy (non-hydrogen) atoms. The predicted octanol–water partition coefficient (Wildman–Crippen LogP) is 6.86. The van der Waals surface area contributed by atoms with Gasteiger partial charge in [0.2, 0.25) is 0 Å². The minimum Gasteiger partial charge on any atom is -0.460 e. The summed E-state index contributed by atoms with van der Waals surface area (Å²) in [6.07, 6.45) is 0.130. The van der Waals surface area contributed by atoms with E-state index < -0.39 is 5.60 Å². The molecule has 1 unspecified atom stereocenters. The summed E-state index contributed by atoms with van der Waals surface area (Å²) in [5.74, 6) is -0.617. The van der Waals surface area contributed by atoms with Gasteiger partial charge in [-0.15, -0.1) is 0 Å². The van der Waals surface area contributed by atoms with E-state index in [1.165, 1.54) is 12.1 Å². The Morgan fingerprint density at radius 2 is 1.50 bits per heavy atom. The average molecular weight is 434 g/mol. The zero-order valence-corrected chi connectivity index (χ0v) is 19.3. The molecule has 0 aliphatic rings. The van der Waals surface area contributed by atoms with E-state index in [4.69, 9.17) is 4.74 Å². The fourth-order valence-corrected chi connectivity index (χ4v) is 3.92. The van der Waals surface area contributed by atoms with Gasteiger partial charge in [0.05, 0.1) is 6.42 Å². The average Bonchev–Trinajstić information content (AvgIpc) is 2.76. The largest absolute Gasteiger partial charge is 0.460 e. The SMILES string of the molecule is CC(c1ccccc1)N(Cc1ccccc1)[C@@H](CC(=O)OC(C)(C)C)c1cccc(F)c1. The van der Waals surface area contributed by atoms with Crippen LogP contribution in [0.1, 0.15) is 62.9 Å². The summed E-state index contributed by atoms with van der Waals surface area (Å²) >= 11 is 0. The number of carbonyl (C=O) groups is 1. The van der Waals surface area contributed by atoms with E-state index in [1.807, 2.05) is 63.2 Å². The molecule has 0 radical (unpaired) electrons. The molecule has 0 amide bonds. The van der Waals surface area contributed by atoms with Gasteiger partial charge in [-0.25, -0.2) is 4.39 Å². The minimum absolute atomic E-state index is 0.00731. The molecule has 3 aromatic carbocycles. The van der Waals surface area contributed by atoms with Gasteiger partial charge < -0.3 is 4.74 Å². The van der Waals surface area contributed by atoms with Gasteiger partial charge in [-0.2, -0.15) is 0 Å². The van der Waals surface area contributed by atoms with Crippen molar-refractivity contribution in [1.29, 1.82) is 0 Å². The van der Waals surface area contributed by atoms with Gasteiger partial charge in [-0.3, -0.25) is 9.69 Å². The number of halogens is 1. The van der Waals surface area contributed by atoms with Crippen LogP contribution < -0.4 is 0 Å². The van der Waals surface area contributed by atoms with Crippen molar-refractivity contribution in [3.8, 4) is 0 Å². The Labute approximate surface area is 190 Å². The van der Waals surface area contributed by atoms with E-state index in [-0.39, 0.29) is 30.3 Å². The number of carbonyl (C=O) groups excluding carboxylic acids is 1. The van der Waals surface area contributed by atoms with E-state index >= 15 is 0 Å². The maximum absolute atomic E-state index is 14.2. The summed E-state index contributed by atoms with van der Waals surface area (Å²) in [5.41, 5.74) is 2.43. The molecule has 3 rings (SSSR count). The lowest BCUT2D eigenvalue weighted by molar-refractivity contribution is -0.156. The molecule has 0 aliphatic carbocycles. The molecule has 0 aliphatic heterocycles. The second-order valence-electron chi connectivity index (χ2n) is 9.11. The number of esters is 1. The van der Waals surface area contributed by atoms with Crippen LogP contribution in [0.2, 0.25) is 0 Å². The number of benzene rings is 3. The standard InChI is InChI=1S/C28H32FNO2/c1-21(23-14-9-6-10-15-23)30(20-22-12-7-5-8-13-22)26(19-27(31)32-28(2,3)4)24-16-11-17-25(29)18-24/h5-18,21,26H,19-20H2,1-4H3/t21?,26-/m0/s1. The maximum atomic E-state index is 14.2. The van der Waals surface area contributed by atoms with E-state index in [1.54, 1.807) is 6.07 Å². The number of rotatable bonds is 8. The molecule has 0 N–H and O–H groups in total. The zero-order chi connectivity index (χ0) is 23.1. The highest BCUT2D eigenvalue weighted by Gasteiger charge is 2.30. The minimum atomic E-state index is -0.584. The van der Waals surface area contributed by atoms with Gasteiger partial charge >= 0.3 is 5.97 Å². The first-order valence-corrected chi connectivity index (χ1v) is 11.0. The van der Waals surface area contributed by atoms with Crippen LogP contribution in [0.15, 0.2) is 84.9 Å². The fraction of sp³-hybridized carbons (Fsp3) is 0.321. The topological polar surface area (TPSA) is 29.5 Å². The predicted molar refractivity (Wildman–Crippen MR) is 126 cm³/mol. The highest BCUT2D eigenvalue weighted by atomic mass is 19.1. The summed E-state index contributed by atoms with van der Waals surface area (Å²) in [7, 11) is 0. The summed E-state index contributed by atoms with van der Waals surface area (Å²) < 4.78 is 19.9. The summed E-state index contributed by atoms with van der Waals surface area (Å²) in [4.78, 5) is 15.2. The second kappa shape index (κ2) is 10.6. The molecular formula is C28H32FNO2. The summed E-state index contributed by atoms with van der Waals surface area (Å²) in [6, 6.07) is 26.5. The number of ether oxygens (including phenoxy) is 1. The number of hydrogen-bond donors (Lipinski definition) is 0. The van der Waals surface area contributed by atoms with Crippen molar-refractivity contribution in [2.24, 2.45) is 0 Å². The van der Waals surface area contributed by atoms with Crippen molar-refractivity contribution in [2.75, 3.05) is 0 Å². The highest BCUT2D eigenvalue weighted by molar-refractivity contribution is 5.71. The Kier molecular flexibility index (Phi) is 7.81. The normalized spacial score (nSPS) is 13.6. The molecule has 3 nitrogen and oxygen atoms in total. The fourth-order valence-electron chi connectivity index (χ4n) is 3.92. The van der Waals surface area contributed by atoms with Gasteiger partial charge in [-0.05, 0) is 56.5 Å². The van der Waals surface area contributed by atoms with Crippen LogP contribution in [0, 0.1) is 5.82 Å². The lowest BCUT2D eigenvalue weighted by atomic mass is 9.96. The van der Waals surface area contributed by atoms with Crippen LogP contribution in [0.5, 0.6) is 0 Å². The van der Waals surface area contributed by atoms with Crippen molar-refractivity contribution < 1.29 is 13.9 Å². The Hall–Kier alpha value is -2.98. The third-order valence-corrected chi connectivity index (χ3v) is 5.40. The van der Waals surface area contributed by atoms with E-state index in [9.17, 15) is 9.18 Å². The van der Waals surface area contributed by atoms with E-state index in [0.29, 0.717) is 6.54 Å². The summed E-state index contributed by atoms with van der Waals surface area (Å²) in [6.45, 7) is 8.31. The van der Waals surface area contributed by atoms with Crippen LogP contribution >= 0.6 is 0 Å². The molecule has 0 bridgehead atoms. The molecule has 168 valence electrons. The lowest BCUT2D eigenvalue weighted by Crippen LogP contribution is -2.34. The van der Waals surface area contributed by atoms with E-state index in [2.05, 4.69) is 36.1 Å². The molecule has 0 saturated heterocycles. The number of hydrogen-bond acceptors (Lipinski definition) is 3. The van der Waals surface area contributed by atoms with Crippen LogP contribution in [-0.2, 0) is 16.1 Å². The van der Waals surface area contributed by atoms with Crippen molar-refractivity contribution in [3.05, 3.63) is 107 Å². The molecule has 0 aromatic heterocycles. The van der Waals surface area contributed by atoms with Gasteiger partial charge in [0.25, 0.3) is 0 Å². The van der Waals surface area contributed by atoms with Crippen molar-refractivity contribution >= 4 is 5.97 Å². The molecular weight excluding hydrogens is 401 g/mol. The van der Waals surface area contributed by atoms with E-state index in [0.717, 1.165) is 16.7 Å². The van der Waals surface area contributed by atoms with Crippen LogP contribution in [-0.4, -0.2) is 16.5 Å². The van der Waals surface area contributed by atoms with Gasteiger partial charge in [-0.1, -0.05) is 72.8 Å².